The van der Waals surface area contributed by atoms with Crippen molar-refractivity contribution in [3.63, 3.8) is 0 Å². The lowest BCUT2D eigenvalue weighted by atomic mass is 10.7. The van der Waals surface area contributed by atoms with E-state index in [9.17, 15) is 4.79 Å². The molecule has 2 atom stereocenters. The molecule has 10 heavy (non-hydrogen) atoms. The molecule has 0 aromatic carbocycles. The van der Waals surface area contributed by atoms with Gasteiger partial charge in [0.15, 0.2) is 6.23 Å². The van der Waals surface area contributed by atoms with E-state index in [0.717, 1.165) is 0 Å². The molecule has 2 fully saturated rings. The van der Waals surface area contributed by atoms with E-state index in [2.05, 4.69) is 0 Å². The van der Waals surface area contributed by atoms with Gasteiger partial charge in [0.05, 0.1) is 0 Å². The Bertz CT molecular complexity index is 180. The fourth-order valence-corrected chi connectivity index (χ4v) is 1.04. The smallest absolute Gasteiger partial charge is 0.348 e. The highest BCUT2D eigenvalue weighted by Gasteiger charge is 2.60. The van der Waals surface area contributed by atoms with Crippen molar-refractivity contribution in [2.24, 2.45) is 0 Å². The summed E-state index contributed by atoms with van der Waals surface area (Å²) in [6.07, 6.45) is -1.09. The summed E-state index contributed by atoms with van der Waals surface area (Å²) in [5.41, 5.74) is 0. The second-order valence-electron chi connectivity index (χ2n) is 2.29. The molecule has 2 saturated heterocycles. The van der Waals surface area contributed by atoms with Crippen molar-refractivity contribution < 1.29 is 14.7 Å². The van der Waals surface area contributed by atoms with Crippen molar-refractivity contribution in [2.45, 2.75) is 19.4 Å². The van der Waals surface area contributed by atoms with E-state index < -0.39 is 12.5 Å². The zero-order valence-corrected chi connectivity index (χ0v) is 5.52. The highest BCUT2D eigenvalue weighted by molar-refractivity contribution is 5.78. The molecule has 2 aliphatic rings. The molecule has 2 unspecified atom stereocenters. The van der Waals surface area contributed by atoms with Crippen LogP contribution < -0.4 is 0 Å². The van der Waals surface area contributed by atoms with Crippen LogP contribution in [0.4, 0.5) is 4.79 Å². The molecule has 5 nitrogen and oxygen atoms in total. The predicted octanol–water partition coefficient (Wildman–Crippen LogP) is -0.666. The highest BCUT2D eigenvalue weighted by Crippen LogP contribution is 2.35. The van der Waals surface area contributed by atoms with E-state index in [0.29, 0.717) is 6.54 Å². The van der Waals surface area contributed by atoms with Gasteiger partial charge in [0.1, 0.15) is 0 Å². The Labute approximate surface area is 57.7 Å². The van der Waals surface area contributed by atoms with Gasteiger partial charge in [-0.25, -0.2) is 14.7 Å². The van der Waals surface area contributed by atoms with E-state index in [1.165, 1.54) is 9.96 Å². The van der Waals surface area contributed by atoms with Gasteiger partial charge in [-0.2, -0.15) is 0 Å². The molecule has 56 valence electrons. The summed E-state index contributed by atoms with van der Waals surface area (Å²) in [5.74, 6) is 0. The molecular formula is C5H8N2O3. The standard InChI is InChI=1S/C5H8N2O3/c1-2-6-5(9)7-3(8)4(7)10-6/h3-4,8H,2H2,1H3. The Balaban J connectivity index is 2.07. The summed E-state index contributed by atoms with van der Waals surface area (Å²) in [5, 5.41) is 10.1. The van der Waals surface area contributed by atoms with Crippen LogP contribution in [0.3, 0.4) is 0 Å². The molecule has 1 N–H and O–H groups in total. The first-order chi connectivity index (χ1) is 4.75. The highest BCUT2D eigenvalue weighted by atomic mass is 16.8. The Hall–Kier alpha value is -0.810. The van der Waals surface area contributed by atoms with Crippen LogP contribution in [0.25, 0.3) is 0 Å². The molecule has 0 radical (unpaired) electrons. The summed E-state index contributed by atoms with van der Waals surface area (Å²) < 4.78 is 0. The largest absolute Gasteiger partial charge is 0.369 e. The van der Waals surface area contributed by atoms with Crippen LogP contribution in [0.1, 0.15) is 6.92 Å². The van der Waals surface area contributed by atoms with E-state index >= 15 is 0 Å². The molecule has 2 heterocycles. The second kappa shape index (κ2) is 1.62. The number of amides is 2. The molecule has 0 aromatic rings. The molecule has 2 rings (SSSR count). The summed E-state index contributed by atoms with van der Waals surface area (Å²) in [6.45, 7) is 2.34. The average Bonchev–Trinajstić information content (AvgIpc) is 2.38. The van der Waals surface area contributed by atoms with Gasteiger partial charge in [0, 0.05) is 6.54 Å². The van der Waals surface area contributed by atoms with E-state index in [-0.39, 0.29) is 6.03 Å². The summed E-state index contributed by atoms with van der Waals surface area (Å²) in [7, 11) is 0. The third-order valence-corrected chi connectivity index (χ3v) is 1.68. The number of aliphatic hydroxyl groups is 1. The number of hydrogen-bond donors (Lipinski definition) is 1. The predicted molar refractivity (Wildman–Crippen MR) is 30.5 cm³/mol. The van der Waals surface area contributed by atoms with E-state index in [4.69, 9.17) is 9.94 Å². The number of hydroxylamine groups is 2. The third kappa shape index (κ3) is 0.512. The van der Waals surface area contributed by atoms with Crippen LogP contribution in [0, 0.1) is 0 Å². The summed E-state index contributed by atoms with van der Waals surface area (Å²) >= 11 is 0. The molecule has 0 saturated carbocycles. The lowest BCUT2D eigenvalue weighted by molar-refractivity contribution is -0.115. The van der Waals surface area contributed by atoms with Crippen molar-refractivity contribution in [1.82, 2.24) is 9.96 Å². The van der Waals surface area contributed by atoms with Gasteiger partial charge in [-0.05, 0) is 6.92 Å². The number of urea groups is 1. The van der Waals surface area contributed by atoms with Crippen LogP contribution in [0.2, 0.25) is 0 Å². The molecule has 0 spiro atoms. The number of aliphatic hydroxyl groups excluding tert-OH is 1. The lowest BCUT2D eigenvalue weighted by Gasteiger charge is -2.12. The van der Waals surface area contributed by atoms with Gasteiger partial charge < -0.3 is 5.11 Å². The van der Waals surface area contributed by atoms with Gasteiger partial charge in [0.25, 0.3) is 0 Å². The maximum absolute atomic E-state index is 11.0. The quantitative estimate of drug-likeness (QED) is 0.497. The number of fused-ring (bicyclic) bond motifs is 1. The molecule has 0 aliphatic carbocycles. The molecule has 0 bridgehead atoms. The molecule has 0 aromatic heterocycles. The number of carbonyl (C=O) groups is 1. The van der Waals surface area contributed by atoms with Crippen LogP contribution in [0.5, 0.6) is 0 Å². The molecule has 2 amide bonds. The van der Waals surface area contributed by atoms with Crippen LogP contribution in [-0.2, 0) is 4.84 Å². The monoisotopic (exact) mass is 144 g/mol. The van der Waals surface area contributed by atoms with Gasteiger partial charge >= 0.3 is 6.03 Å². The van der Waals surface area contributed by atoms with Gasteiger partial charge in [-0.15, -0.1) is 0 Å². The molecular weight excluding hydrogens is 136 g/mol. The van der Waals surface area contributed by atoms with Gasteiger partial charge in [0.2, 0.25) is 6.23 Å². The minimum absolute atomic E-state index is 0.236. The molecule has 2 aliphatic heterocycles. The van der Waals surface area contributed by atoms with E-state index in [1.807, 2.05) is 6.92 Å². The number of carbonyl (C=O) groups excluding carboxylic acids is 1. The Kier molecular flexibility index (Phi) is 0.959. The maximum atomic E-state index is 11.0. The molecule has 5 heteroatoms. The Morgan fingerprint density at radius 2 is 2.50 bits per heavy atom. The van der Waals surface area contributed by atoms with Gasteiger partial charge in [-0.3, -0.25) is 4.90 Å². The number of nitrogens with zero attached hydrogens (tertiary/aromatic N) is 2. The lowest BCUT2D eigenvalue weighted by Crippen LogP contribution is -2.30. The minimum atomic E-state index is -0.699. The number of rotatable bonds is 1. The van der Waals surface area contributed by atoms with E-state index in [1.54, 1.807) is 0 Å². The number of hydrogen-bond acceptors (Lipinski definition) is 3. The Morgan fingerprint density at radius 1 is 1.80 bits per heavy atom. The first kappa shape index (κ1) is 5.94. The van der Waals surface area contributed by atoms with Crippen molar-refractivity contribution in [2.75, 3.05) is 6.54 Å². The fourth-order valence-electron chi connectivity index (χ4n) is 1.04. The normalized spacial score (nSPS) is 36.8. The first-order valence-corrected chi connectivity index (χ1v) is 3.20. The zero-order valence-electron chi connectivity index (χ0n) is 5.52. The van der Waals surface area contributed by atoms with Gasteiger partial charge in [-0.1, -0.05) is 0 Å². The van der Waals surface area contributed by atoms with Crippen molar-refractivity contribution in [3.8, 4) is 0 Å². The van der Waals surface area contributed by atoms with Crippen LogP contribution in [0.15, 0.2) is 0 Å². The van der Waals surface area contributed by atoms with Crippen molar-refractivity contribution in [1.29, 1.82) is 0 Å². The van der Waals surface area contributed by atoms with Crippen LogP contribution >= 0.6 is 0 Å². The minimum Gasteiger partial charge on any atom is -0.369 e. The topological polar surface area (TPSA) is 52.8 Å². The third-order valence-electron chi connectivity index (χ3n) is 1.68. The van der Waals surface area contributed by atoms with Crippen molar-refractivity contribution in [3.05, 3.63) is 0 Å². The van der Waals surface area contributed by atoms with Crippen LogP contribution in [-0.4, -0.2) is 40.1 Å². The maximum Gasteiger partial charge on any atom is 0.348 e. The average molecular weight is 144 g/mol. The summed E-state index contributed by atoms with van der Waals surface area (Å²) in [4.78, 5) is 17.2. The SMILES string of the molecule is CCN1OC2C(O)N2C1=O. The Morgan fingerprint density at radius 3 is 2.90 bits per heavy atom. The second-order valence-corrected chi connectivity index (χ2v) is 2.29. The summed E-state index contributed by atoms with van der Waals surface area (Å²) in [6, 6.07) is -0.236. The van der Waals surface area contributed by atoms with Crippen molar-refractivity contribution >= 4 is 6.03 Å². The zero-order chi connectivity index (χ0) is 7.30. The first-order valence-electron chi connectivity index (χ1n) is 3.20. The fraction of sp³-hybridized carbons (Fsp3) is 0.800.